The number of nitrogens with two attached hydrogens (primary N) is 1. The zero-order chi connectivity index (χ0) is 23.5. The van der Waals surface area contributed by atoms with Gasteiger partial charge in [-0.1, -0.05) is 34.1 Å². The average Bonchev–Trinajstić information content (AvgIpc) is 3.06. The molecule has 4 rings (SSSR count). The molecule has 6 nitrogen and oxygen atoms in total. The second-order valence-corrected chi connectivity index (χ2v) is 13.4. The zero-order valence-electron chi connectivity index (χ0n) is 20.4. The molecule has 0 amide bonds. The zero-order valence-corrected chi connectivity index (χ0v) is 21.2. The van der Waals surface area contributed by atoms with E-state index in [1.165, 1.54) is 6.42 Å². The molecule has 4 aliphatic rings. The first-order valence-electron chi connectivity index (χ1n) is 13.0. The summed E-state index contributed by atoms with van der Waals surface area (Å²) in [5, 5.41) is 27.2. The summed E-state index contributed by atoms with van der Waals surface area (Å²) in [5.74, 6) is 2.97. The van der Waals surface area contributed by atoms with Crippen molar-refractivity contribution in [1.82, 2.24) is 0 Å². The van der Waals surface area contributed by atoms with Gasteiger partial charge in [-0.3, -0.25) is 4.18 Å². The molecule has 0 bridgehead atoms. The van der Waals surface area contributed by atoms with Crippen LogP contribution in [0.25, 0.3) is 0 Å². The lowest BCUT2D eigenvalue weighted by Crippen LogP contribution is -2.62. The van der Waals surface area contributed by atoms with E-state index >= 15 is 0 Å². The van der Waals surface area contributed by atoms with Crippen LogP contribution in [0.5, 0.6) is 0 Å². The van der Waals surface area contributed by atoms with Crippen LogP contribution in [-0.4, -0.2) is 37.4 Å². The van der Waals surface area contributed by atoms with E-state index in [9.17, 15) is 18.6 Å². The van der Waals surface area contributed by atoms with Crippen LogP contribution in [0.3, 0.4) is 0 Å². The van der Waals surface area contributed by atoms with Gasteiger partial charge in [0.1, 0.15) is 0 Å². The highest BCUT2D eigenvalue weighted by Gasteiger charge is 2.64. The number of aliphatic hydroxyl groups is 2. The Balaban J connectivity index is 1.56. The van der Waals surface area contributed by atoms with Gasteiger partial charge in [0.2, 0.25) is 0 Å². The standard InChI is InChI=1S/C25H45NO5S/c1-5-17-21-14-16(27)8-11-25(21,4)20-9-12-24(3)18(6-7-19(24)22(20)23(17)28)15(2)10-13-31-32(26,29)30/h15-23,27-28H,5-14H2,1-4H3,(H2,26,29,30)/t15-,16-,17-,18-,19+,20+,21+,22+,23-,24-,25-/m1/s1. The highest BCUT2D eigenvalue weighted by molar-refractivity contribution is 7.84. The van der Waals surface area contributed by atoms with Gasteiger partial charge in [0, 0.05) is 0 Å². The first-order valence-corrected chi connectivity index (χ1v) is 14.4. The van der Waals surface area contributed by atoms with Crippen LogP contribution >= 0.6 is 0 Å². The minimum absolute atomic E-state index is 0.145. The number of fused-ring (bicyclic) bond motifs is 5. The molecule has 0 aromatic heterocycles. The molecule has 0 radical (unpaired) electrons. The maximum atomic E-state index is 11.7. The molecule has 4 aliphatic carbocycles. The molecule has 4 N–H and O–H groups in total. The van der Waals surface area contributed by atoms with E-state index in [1.54, 1.807) is 0 Å². The van der Waals surface area contributed by atoms with Crippen LogP contribution in [0.2, 0.25) is 0 Å². The summed E-state index contributed by atoms with van der Waals surface area (Å²) in [5.41, 5.74) is 0.400. The Bertz CT molecular complexity index is 789. The van der Waals surface area contributed by atoms with Crippen LogP contribution in [-0.2, 0) is 14.5 Å². The second-order valence-electron chi connectivity index (χ2n) is 12.2. The third kappa shape index (κ3) is 4.08. The second kappa shape index (κ2) is 8.78. The Morgan fingerprint density at radius 2 is 1.69 bits per heavy atom. The van der Waals surface area contributed by atoms with Gasteiger partial charge < -0.3 is 10.2 Å². The highest BCUT2D eigenvalue weighted by atomic mass is 32.2. The Morgan fingerprint density at radius 3 is 2.34 bits per heavy atom. The van der Waals surface area contributed by atoms with Gasteiger partial charge in [-0.2, -0.15) is 8.42 Å². The van der Waals surface area contributed by atoms with Crippen molar-refractivity contribution in [2.75, 3.05) is 6.61 Å². The van der Waals surface area contributed by atoms with Gasteiger partial charge in [-0.25, -0.2) is 5.14 Å². The van der Waals surface area contributed by atoms with Crippen molar-refractivity contribution in [3.63, 3.8) is 0 Å². The molecule has 32 heavy (non-hydrogen) atoms. The first-order chi connectivity index (χ1) is 14.9. The third-order valence-corrected chi connectivity index (χ3v) is 11.5. The van der Waals surface area contributed by atoms with E-state index in [-0.39, 0.29) is 35.6 Å². The molecule has 0 spiro atoms. The average molecular weight is 472 g/mol. The molecule has 0 aromatic carbocycles. The van der Waals surface area contributed by atoms with E-state index in [0.29, 0.717) is 41.9 Å². The number of rotatable bonds is 6. The Hall–Kier alpha value is -0.210. The van der Waals surface area contributed by atoms with Gasteiger partial charge >= 0.3 is 10.3 Å². The van der Waals surface area contributed by atoms with E-state index in [1.807, 2.05) is 0 Å². The minimum atomic E-state index is -3.89. The van der Waals surface area contributed by atoms with Gasteiger partial charge in [0.25, 0.3) is 0 Å². The molecule has 0 aliphatic heterocycles. The molecule has 0 unspecified atom stereocenters. The Morgan fingerprint density at radius 1 is 1.03 bits per heavy atom. The van der Waals surface area contributed by atoms with Crippen molar-refractivity contribution < 1.29 is 22.8 Å². The van der Waals surface area contributed by atoms with Crippen molar-refractivity contribution in [3.8, 4) is 0 Å². The van der Waals surface area contributed by atoms with Crippen molar-refractivity contribution in [1.29, 1.82) is 0 Å². The summed E-state index contributed by atoms with van der Waals surface area (Å²) in [6, 6.07) is 0. The highest BCUT2D eigenvalue weighted by Crippen LogP contribution is 2.69. The monoisotopic (exact) mass is 471 g/mol. The normalized spacial score (nSPS) is 49.7. The molecule has 0 heterocycles. The van der Waals surface area contributed by atoms with Crippen molar-refractivity contribution in [2.45, 2.75) is 97.7 Å². The molecule has 0 saturated heterocycles. The molecule has 7 heteroatoms. The molecular formula is C25H45NO5S. The largest absolute Gasteiger partial charge is 0.393 e. The quantitative estimate of drug-likeness (QED) is 0.545. The summed E-state index contributed by atoms with van der Waals surface area (Å²) < 4.78 is 27.1. The van der Waals surface area contributed by atoms with Gasteiger partial charge in [-0.15, -0.1) is 0 Å². The van der Waals surface area contributed by atoms with Gasteiger partial charge in [0.05, 0.1) is 18.8 Å². The Labute approximate surface area is 194 Å². The van der Waals surface area contributed by atoms with Crippen LogP contribution < -0.4 is 5.14 Å². The number of hydrogen-bond acceptors (Lipinski definition) is 5. The fourth-order valence-electron chi connectivity index (χ4n) is 9.48. The van der Waals surface area contributed by atoms with Crippen LogP contribution in [0, 0.1) is 52.3 Å². The third-order valence-electron chi connectivity index (χ3n) is 11.0. The predicted molar refractivity (Wildman–Crippen MR) is 125 cm³/mol. The van der Waals surface area contributed by atoms with Gasteiger partial charge in [-0.05, 0) is 104 Å². The van der Waals surface area contributed by atoms with Crippen LogP contribution in [0.4, 0.5) is 0 Å². The van der Waals surface area contributed by atoms with E-state index < -0.39 is 10.3 Å². The van der Waals surface area contributed by atoms with E-state index in [0.717, 1.165) is 44.9 Å². The fraction of sp³-hybridized carbons (Fsp3) is 1.00. The Kier molecular flexibility index (Phi) is 6.83. The van der Waals surface area contributed by atoms with E-state index in [4.69, 9.17) is 9.32 Å². The lowest BCUT2D eigenvalue weighted by Gasteiger charge is -2.64. The summed E-state index contributed by atoms with van der Waals surface area (Å²) in [4.78, 5) is 0. The number of hydrogen-bond donors (Lipinski definition) is 3. The van der Waals surface area contributed by atoms with Crippen molar-refractivity contribution >= 4 is 10.3 Å². The number of aliphatic hydroxyl groups excluding tert-OH is 2. The maximum absolute atomic E-state index is 11.7. The first kappa shape index (κ1) is 24.9. The molecule has 11 atom stereocenters. The topological polar surface area (TPSA) is 110 Å². The van der Waals surface area contributed by atoms with E-state index in [2.05, 4.69) is 27.7 Å². The summed E-state index contributed by atoms with van der Waals surface area (Å²) >= 11 is 0. The lowest BCUT2D eigenvalue weighted by molar-refractivity contribution is -0.203. The molecule has 4 saturated carbocycles. The summed E-state index contributed by atoms with van der Waals surface area (Å²) in [7, 11) is -3.89. The SMILES string of the molecule is CC[C@H]1[C@@H](O)[C@@H]2[C@H](CC[C@]3(C)[C@@H]([C@H](C)CCOS(N)(=O)=O)CC[C@@H]23)[C@@]2(C)CC[C@@H](O)C[C@@H]12. The van der Waals surface area contributed by atoms with Crippen molar-refractivity contribution in [3.05, 3.63) is 0 Å². The predicted octanol–water partition coefficient (Wildman–Crippen LogP) is 3.86. The fourth-order valence-corrected chi connectivity index (χ4v) is 9.81. The smallest absolute Gasteiger partial charge is 0.333 e. The molecule has 0 aromatic rings. The lowest BCUT2D eigenvalue weighted by atomic mass is 9.41. The van der Waals surface area contributed by atoms with Crippen LogP contribution in [0.15, 0.2) is 0 Å². The molecular weight excluding hydrogens is 426 g/mol. The molecule has 4 fully saturated rings. The van der Waals surface area contributed by atoms with Crippen molar-refractivity contribution in [2.24, 2.45) is 57.4 Å². The van der Waals surface area contributed by atoms with Gasteiger partial charge in [0.15, 0.2) is 0 Å². The summed E-state index contributed by atoms with van der Waals surface area (Å²) in [6.45, 7) is 9.49. The van der Waals surface area contributed by atoms with Crippen LogP contribution in [0.1, 0.15) is 85.5 Å². The maximum Gasteiger partial charge on any atom is 0.333 e. The summed E-state index contributed by atoms with van der Waals surface area (Å²) in [6.07, 6.45) is 8.63. The molecule has 186 valence electrons. The minimum Gasteiger partial charge on any atom is -0.393 e.